The van der Waals surface area contributed by atoms with Crippen LogP contribution in [0.4, 0.5) is 0 Å². The molecule has 1 atom stereocenters. The van der Waals surface area contributed by atoms with Gasteiger partial charge in [0, 0.05) is 29.5 Å². The monoisotopic (exact) mass is 467 g/mol. The van der Waals surface area contributed by atoms with Crippen LogP contribution in [0, 0.1) is 0 Å². The second-order valence-corrected chi connectivity index (χ2v) is 6.81. The Hall–Kier alpha value is -0.380. The third-order valence-corrected chi connectivity index (χ3v) is 4.88. The first-order valence-corrected chi connectivity index (χ1v) is 9.42. The van der Waals surface area contributed by atoms with Gasteiger partial charge >= 0.3 is 0 Å². The van der Waals surface area contributed by atoms with E-state index in [9.17, 15) is 0 Å². The first kappa shape index (κ1) is 21.7. The molecule has 1 aromatic rings. The van der Waals surface area contributed by atoms with E-state index in [2.05, 4.69) is 41.6 Å². The van der Waals surface area contributed by atoms with Crippen LogP contribution in [0.15, 0.2) is 17.1 Å². The molecule has 138 valence electrons. The molecule has 1 unspecified atom stereocenters. The number of aryl methyl sites for hydroxylation is 1. The van der Waals surface area contributed by atoms with Crippen LogP contribution in [0.1, 0.15) is 36.4 Å². The minimum absolute atomic E-state index is 0. The molecule has 2 heterocycles. The fourth-order valence-electron chi connectivity index (χ4n) is 2.43. The minimum atomic E-state index is 0. The lowest BCUT2D eigenvalue weighted by Crippen LogP contribution is -2.39. The van der Waals surface area contributed by atoms with Gasteiger partial charge in [0.1, 0.15) is 0 Å². The quantitative estimate of drug-likeness (QED) is 0.254. The van der Waals surface area contributed by atoms with E-state index < -0.39 is 0 Å². The highest BCUT2D eigenvalue weighted by atomic mass is 127. The molecule has 1 fully saturated rings. The molecular weight excluding hydrogens is 437 g/mol. The average Bonchev–Trinajstić information content (AvgIpc) is 3.23. The predicted octanol–water partition coefficient (Wildman–Crippen LogP) is 3.18. The maximum Gasteiger partial charge on any atom is 0.191 e. The van der Waals surface area contributed by atoms with Crippen molar-refractivity contribution in [3.8, 4) is 0 Å². The summed E-state index contributed by atoms with van der Waals surface area (Å²) in [6.07, 6.45) is 3.67. The van der Waals surface area contributed by atoms with Crippen molar-refractivity contribution < 1.29 is 9.47 Å². The molecule has 0 saturated carbocycles. The second kappa shape index (κ2) is 12.9. The Kier molecular flexibility index (Phi) is 11.7. The van der Waals surface area contributed by atoms with Gasteiger partial charge in [-0.15, -0.1) is 35.3 Å². The molecule has 0 bridgehead atoms. The summed E-state index contributed by atoms with van der Waals surface area (Å²) in [5, 5.41) is 6.58. The van der Waals surface area contributed by atoms with Crippen LogP contribution in [-0.2, 0) is 22.4 Å². The van der Waals surface area contributed by atoms with Gasteiger partial charge < -0.3 is 20.1 Å². The summed E-state index contributed by atoms with van der Waals surface area (Å²) in [5.41, 5.74) is 0. The van der Waals surface area contributed by atoms with Crippen LogP contribution in [0.3, 0.4) is 0 Å². The summed E-state index contributed by atoms with van der Waals surface area (Å²) in [7, 11) is 0. The zero-order valence-electron chi connectivity index (χ0n) is 14.7. The van der Waals surface area contributed by atoms with E-state index in [1.54, 1.807) is 0 Å². The van der Waals surface area contributed by atoms with Gasteiger partial charge in [0.05, 0.1) is 25.9 Å². The minimum Gasteiger partial charge on any atom is -0.377 e. The molecular formula is C17H30IN3O2S. The van der Waals surface area contributed by atoms with E-state index in [1.165, 1.54) is 9.75 Å². The van der Waals surface area contributed by atoms with E-state index in [-0.39, 0.29) is 24.0 Å². The molecule has 1 saturated heterocycles. The Morgan fingerprint density at radius 2 is 2.17 bits per heavy atom. The number of thiophene rings is 1. The third kappa shape index (κ3) is 8.13. The molecule has 0 radical (unpaired) electrons. The summed E-state index contributed by atoms with van der Waals surface area (Å²) in [5.74, 6) is 0.847. The van der Waals surface area contributed by atoms with Crippen molar-refractivity contribution in [2.45, 2.75) is 45.8 Å². The van der Waals surface area contributed by atoms with Gasteiger partial charge in [0.25, 0.3) is 0 Å². The van der Waals surface area contributed by atoms with Crippen molar-refractivity contribution in [1.82, 2.24) is 10.6 Å². The highest BCUT2D eigenvalue weighted by Crippen LogP contribution is 2.17. The number of halogens is 1. The maximum absolute atomic E-state index is 5.66. The predicted molar refractivity (Wildman–Crippen MR) is 112 cm³/mol. The average molecular weight is 467 g/mol. The van der Waals surface area contributed by atoms with E-state index in [0.717, 1.165) is 51.5 Å². The fraction of sp³-hybridized carbons (Fsp3) is 0.706. The van der Waals surface area contributed by atoms with Crippen LogP contribution in [0.2, 0.25) is 0 Å². The largest absolute Gasteiger partial charge is 0.377 e. The van der Waals surface area contributed by atoms with Crippen molar-refractivity contribution in [2.24, 2.45) is 4.99 Å². The highest BCUT2D eigenvalue weighted by Gasteiger charge is 2.14. The lowest BCUT2D eigenvalue weighted by molar-refractivity contribution is 0.0191. The molecule has 0 aromatic carbocycles. The summed E-state index contributed by atoms with van der Waals surface area (Å²) in [4.78, 5) is 7.34. The zero-order valence-corrected chi connectivity index (χ0v) is 17.8. The Bertz CT molecular complexity index is 476. The number of nitrogens with zero attached hydrogens (tertiary/aromatic N) is 1. The van der Waals surface area contributed by atoms with Gasteiger partial charge in [-0.3, -0.25) is 0 Å². The van der Waals surface area contributed by atoms with Gasteiger partial charge in [0.2, 0.25) is 0 Å². The number of rotatable bonds is 9. The van der Waals surface area contributed by atoms with Crippen molar-refractivity contribution >= 4 is 41.3 Å². The van der Waals surface area contributed by atoms with Gasteiger partial charge in [-0.1, -0.05) is 6.92 Å². The van der Waals surface area contributed by atoms with Crippen LogP contribution in [0.25, 0.3) is 0 Å². The van der Waals surface area contributed by atoms with Crippen LogP contribution >= 0.6 is 35.3 Å². The summed E-state index contributed by atoms with van der Waals surface area (Å²) >= 11 is 1.84. The first-order chi connectivity index (χ1) is 11.3. The van der Waals surface area contributed by atoms with Crippen LogP contribution in [-0.4, -0.2) is 45.0 Å². The molecule has 5 nitrogen and oxygen atoms in total. The summed E-state index contributed by atoms with van der Waals surface area (Å²) in [6.45, 7) is 8.83. The molecule has 24 heavy (non-hydrogen) atoms. The van der Waals surface area contributed by atoms with E-state index in [1.807, 2.05) is 11.3 Å². The van der Waals surface area contributed by atoms with Gasteiger partial charge in [-0.2, -0.15) is 0 Å². The number of aliphatic imine (C=N–C) groups is 1. The van der Waals surface area contributed by atoms with Crippen LogP contribution in [0.5, 0.6) is 0 Å². The summed E-state index contributed by atoms with van der Waals surface area (Å²) in [6, 6.07) is 4.36. The third-order valence-electron chi connectivity index (χ3n) is 3.67. The molecule has 1 aliphatic heterocycles. The maximum atomic E-state index is 5.66. The molecule has 1 aliphatic rings. The number of nitrogens with one attached hydrogen (secondary N) is 2. The summed E-state index contributed by atoms with van der Waals surface area (Å²) < 4.78 is 11.2. The number of guanidine groups is 1. The van der Waals surface area contributed by atoms with Crippen molar-refractivity contribution in [1.29, 1.82) is 0 Å². The molecule has 2 rings (SSSR count). The fourth-order valence-corrected chi connectivity index (χ4v) is 3.31. The van der Waals surface area contributed by atoms with E-state index in [0.29, 0.717) is 19.3 Å². The Balaban J connectivity index is 0.00000288. The zero-order chi connectivity index (χ0) is 16.3. The smallest absolute Gasteiger partial charge is 0.191 e. The second-order valence-electron chi connectivity index (χ2n) is 5.55. The lowest BCUT2D eigenvalue weighted by atomic mass is 10.2. The highest BCUT2D eigenvalue weighted by molar-refractivity contribution is 14.0. The van der Waals surface area contributed by atoms with E-state index >= 15 is 0 Å². The molecule has 7 heteroatoms. The topological polar surface area (TPSA) is 54.9 Å². The Labute approximate surface area is 166 Å². The molecule has 0 aliphatic carbocycles. The lowest BCUT2D eigenvalue weighted by Gasteiger charge is -2.13. The number of hydrogen-bond donors (Lipinski definition) is 2. The van der Waals surface area contributed by atoms with Crippen molar-refractivity contribution in [3.63, 3.8) is 0 Å². The Morgan fingerprint density at radius 1 is 1.33 bits per heavy atom. The van der Waals surface area contributed by atoms with Crippen molar-refractivity contribution in [2.75, 3.05) is 32.9 Å². The van der Waals surface area contributed by atoms with Gasteiger partial charge in [-0.25, -0.2) is 4.99 Å². The van der Waals surface area contributed by atoms with Crippen molar-refractivity contribution in [3.05, 3.63) is 21.9 Å². The normalized spacial score (nSPS) is 17.6. The van der Waals surface area contributed by atoms with E-state index in [4.69, 9.17) is 9.47 Å². The van der Waals surface area contributed by atoms with Gasteiger partial charge in [-0.05, 0) is 38.3 Å². The number of hydrogen-bond acceptors (Lipinski definition) is 4. The Morgan fingerprint density at radius 3 is 2.83 bits per heavy atom. The van der Waals surface area contributed by atoms with Gasteiger partial charge in [0.15, 0.2) is 5.96 Å². The molecule has 0 spiro atoms. The molecule has 2 N–H and O–H groups in total. The SMILES string of the molecule is CCNC(=NCc1ccc(CC)s1)NCCOCC1CCCO1.I. The molecule has 0 amide bonds. The number of ether oxygens (including phenoxy) is 2. The van der Waals surface area contributed by atoms with Crippen LogP contribution < -0.4 is 10.6 Å². The first-order valence-electron chi connectivity index (χ1n) is 8.61. The standard InChI is InChI=1S/C17H29N3O2S.HI/c1-3-15-7-8-16(23-15)12-20-17(18-4-2)19-9-11-21-13-14-6-5-10-22-14;/h7-8,14H,3-6,9-13H2,1-2H3,(H2,18,19,20);1H. The molecule has 1 aromatic heterocycles.